The van der Waals surface area contributed by atoms with Crippen LogP contribution < -0.4 is 0 Å². The average molecular weight is 452 g/mol. The average Bonchev–Trinajstić information content (AvgIpc) is 3.45. The topological polar surface area (TPSA) is 99.8 Å². The number of benzene rings is 1. The van der Waals surface area contributed by atoms with Crippen LogP contribution in [0.3, 0.4) is 0 Å². The number of thioether (sulfide) groups is 1. The van der Waals surface area contributed by atoms with E-state index in [1.165, 1.54) is 16.1 Å². The summed E-state index contributed by atoms with van der Waals surface area (Å²) in [6.07, 6.45) is 1.80. The fourth-order valence-corrected chi connectivity index (χ4v) is 5.69. The number of aromatic nitrogens is 2. The van der Waals surface area contributed by atoms with Crippen LogP contribution in [0.25, 0.3) is 11.5 Å². The lowest BCUT2D eigenvalue weighted by Gasteiger charge is -2.32. The molecule has 0 atom stereocenters. The highest BCUT2D eigenvalue weighted by Crippen LogP contribution is 2.26. The van der Waals surface area contributed by atoms with Crippen molar-refractivity contribution < 1.29 is 17.6 Å². The summed E-state index contributed by atoms with van der Waals surface area (Å²) in [5.41, 5.74) is 0.639. The predicted octanol–water partition coefficient (Wildman–Crippen LogP) is 1.39. The van der Waals surface area contributed by atoms with Crippen molar-refractivity contribution in [1.82, 2.24) is 24.3 Å². The minimum Gasteiger partial charge on any atom is -0.411 e. The number of nitrogens with zero attached hydrogens (tertiary/aromatic N) is 5. The first-order chi connectivity index (χ1) is 14.4. The number of sulfonamides is 1. The highest BCUT2D eigenvalue weighted by atomic mass is 32.2. The Bertz CT molecular complexity index is 979. The summed E-state index contributed by atoms with van der Waals surface area (Å²) in [6, 6.07) is 6.47. The molecule has 162 valence electrons. The van der Waals surface area contributed by atoms with Gasteiger partial charge in [-0.3, -0.25) is 4.79 Å². The number of likely N-dealkylation sites (N-methyl/N-ethyl adjacent to an activating group) is 1. The number of hydrogen-bond donors (Lipinski definition) is 0. The van der Waals surface area contributed by atoms with Gasteiger partial charge in [-0.25, -0.2) is 8.42 Å². The second kappa shape index (κ2) is 9.04. The van der Waals surface area contributed by atoms with Gasteiger partial charge >= 0.3 is 0 Å². The van der Waals surface area contributed by atoms with E-state index in [9.17, 15) is 13.2 Å². The van der Waals surface area contributed by atoms with Crippen LogP contribution >= 0.6 is 11.8 Å². The van der Waals surface area contributed by atoms with Crippen LogP contribution in [0.15, 0.2) is 38.8 Å². The normalized spacial score (nSPS) is 18.8. The molecule has 30 heavy (non-hydrogen) atoms. The van der Waals surface area contributed by atoms with Crippen LogP contribution in [0.1, 0.15) is 12.8 Å². The van der Waals surface area contributed by atoms with Crippen LogP contribution in [0.2, 0.25) is 0 Å². The Morgan fingerprint density at radius 3 is 2.37 bits per heavy atom. The molecular formula is C19H25N5O4S2. The van der Waals surface area contributed by atoms with E-state index in [2.05, 4.69) is 15.1 Å². The minimum absolute atomic E-state index is 0.0596. The van der Waals surface area contributed by atoms with Crippen molar-refractivity contribution in [2.75, 3.05) is 52.1 Å². The van der Waals surface area contributed by atoms with Crippen molar-refractivity contribution in [3.63, 3.8) is 0 Å². The van der Waals surface area contributed by atoms with E-state index in [-0.39, 0.29) is 16.6 Å². The summed E-state index contributed by atoms with van der Waals surface area (Å²) in [5.74, 6) is 0.609. The number of piperazine rings is 1. The van der Waals surface area contributed by atoms with E-state index in [4.69, 9.17) is 4.42 Å². The van der Waals surface area contributed by atoms with Crippen LogP contribution in [0.4, 0.5) is 0 Å². The summed E-state index contributed by atoms with van der Waals surface area (Å²) in [7, 11) is -1.40. The molecule has 1 amide bonds. The van der Waals surface area contributed by atoms with Crippen molar-refractivity contribution in [3.05, 3.63) is 24.3 Å². The van der Waals surface area contributed by atoms with Crippen molar-refractivity contribution >= 4 is 27.7 Å². The van der Waals surface area contributed by atoms with Crippen LogP contribution in [-0.4, -0.2) is 90.7 Å². The van der Waals surface area contributed by atoms with Crippen molar-refractivity contribution in [2.45, 2.75) is 23.0 Å². The van der Waals surface area contributed by atoms with Gasteiger partial charge < -0.3 is 14.2 Å². The molecule has 2 aliphatic rings. The Kier molecular flexibility index (Phi) is 6.42. The molecule has 0 radical (unpaired) electrons. The van der Waals surface area contributed by atoms with Gasteiger partial charge in [-0.2, -0.15) is 4.31 Å². The molecule has 0 spiro atoms. The van der Waals surface area contributed by atoms with Gasteiger partial charge in [0.25, 0.3) is 5.22 Å². The maximum absolute atomic E-state index is 12.6. The van der Waals surface area contributed by atoms with E-state index in [0.29, 0.717) is 29.8 Å². The number of carbonyl (C=O) groups excluding carboxylic acids is 1. The molecule has 3 heterocycles. The summed E-state index contributed by atoms with van der Waals surface area (Å²) >= 11 is 1.22. The van der Waals surface area contributed by atoms with Crippen LogP contribution in [-0.2, 0) is 14.8 Å². The van der Waals surface area contributed by atoms with E-state index < -0.39 is 10.0 Å². The predicted molar refractivity (Wildman–Crippen MR) is 113 cm³/mol. The Morgan fingerprint density at radius 1 is 1.03 bits per heavy atom. The molecule has 0 unspecified atom stereocenters. The second-order valence-electron chi connectivity index (χ2n) is 7.48. The van der Waals surface area contributed by atoms with Gasteiger partial charge in [0.1, 0.15) is 0 Å². The van der Waals surface area contributed by atoms with E-state index in [1.54, 1.807) is 24.3 Å². The summed E-state index contributed by atoms with van der Waals surface area (Å²) in [6.45, 7) is 4.37. The first kappa shape index (κ1) is 21.3. The molecule has 0 bridgehead atoms. The SMILES string of the molecule is CN1CCN(C(=O)CSc2nnc(-c3ccc(S(=O)(=O)N4CCCC4)cc3)o2)CC1. The lowest BCUT2D eigenvalue weighted by Crippen LogP contribution is -2.47. The lowest BCUT2D eigenvalue weighted by molar-refractivity contribution is -0.129. The molecule has 11 heteroatoms. The molecule has 2 aliphatic heterocycles. The number of carbonyl (C=O) groups is 1. The van der Waals surface area contributed by atoms with Gasteiger partial charge in [0, 0.05) is 44.8 Å². The fraction of sp³-hybridized carbons (Fsp3) is 0.526. The fourth-order valence-electron chi connectivity index (χ4n) is 3.50. The third-order valence-electron chi connectivity index (χ3n) is 5.39. The number of amides is 1. The minimum atomic E-state index is -3.45. The van der Waals surface area contributed by atoms with Gasteiger partial charge in [0.05, 0.1) is 10.6 Å². The van der Waals surface area contributed by atoms with Gasteiger partial charge in [-0.05, 0) is 44.2 Å². The molecular weight excluding hydrogens is 426 g/mol. The number of rotatable bonds is 6. The largest absolute Gasteiger partial charge is 0.411 e. The molecule has 9 nitrogen and oxygen atoms in total. The Morgan fingerprint density at radius 2 is 1.70 bits per heavy atom. The number of hydrogen-bond acceptors (Lipinski definition) is 8. The Balaban J connectivity index is 1.36. The highest BCUT2D eigenvalue weighted by Gasteiger charge is 2.27. The zero-order valence-corrected chi connectivity index (χ0v) is 18.5. The second-order valence-corrected chi connectivity index (χ2v) is 10.3. The van der Waals surface area contributed by atoms with Crippen molar-refractivity contribution in [2.24, 2.45) is 0 Å². The van der Waals surface area contributed by atoms with E-state index >= 15 is 0 Å². The molecule has 1 aromatic carbocycles. The zero-order valence-electron chi connectivity index (χ0n) is 16.9. The summed E-state index contributed by atoms with van der Waals surface area (Å²) in [5, 5.41) is 8.34. The van der Waals surface area contributed by atoms with E-state index in [1.807, 2.05) is 11.9 Å². The molecule has 4 rings (SSSR count). The lowest BCUT2D eigenvalue weighted by atomic mass is 10.2. The molecule has 1 aromatic heterocycles. The van der Waals surface area contributed by atoms with Crippen molar-refractivity contribution in [3.8, 4) is 11.5 Å². The van der Waals surface area contributed by atoms with E-state index in [0.717, 1.165) is 39.0 Å². The highest BCUT2D eigenvalue weighted by molar-refractivity contribution is 7.99. The monoisotopic (exact) mass is 451 g/mol. The molecule has 0 aliphatic carbocycles. The third kappa shape index (κ3) is 4.69. The Hall–Kier alpha value is -1.95. The van der Waals surface area contributed by atoms with Crippen molar-refractivity contribution in [1.29, 1.82) is 0 Å². The smallest absolute Gasteiger partial charge is 0.277 e. The van der Waals surface area contributed by atoms with Crippen LogP contribution in [0.5, 0.6) is 0 Å². The van der Waals surface area contributed by atoms with Gasteiger partial charge in [0.2, 0.25) is 21.8 Å². The Labute approximate surface area is 180 Å². The molecule has 2 saturated heterocycles. The van der Waals surface area contributed by atoms with Gasteiger partial charge in [0.15, 0.2) is 0 Å². The van der Waals surface area contributed by atoms with Crippen LogP contribution in [0, 0.1) is 0 Å². The molecule has 0 saturated carbocycles. The van der Waals surface area contributed by atoms with Gasteiger partial charge in [-0.1, -0.05) is 11.8 Å². The maximum Gasteiger partial charge on any atom is 0.277 e. The molecule has 0 N–H and O–H groups in total. The molecule has 2 aromatic rings. The molecule has 2 fully saturated rings. The summed E-state index contributed by atoms with van der Waals surface area (Å²) < 4.78 is 32.4. The third-order valence-corrected chi connectivity index (χ3v) is 8.10. The standard InChI is InChI=1S/C19H25N5O4S2/c1-22-10-12-23(13-11-22)17(25)14-29-19-21-20-18(28-19)15-4-6-16(7-5-15)30(26,27)24-8-2-3-9-24/h4-7H,2-3,8-14H2,1H3. The van der Waals surface area contributed by atoms with Gasteiger partial charge in [-0.15, -0.1) is 10.2 Å². The zero-order chi connectivity index (χ0) is 21.1. The quantitative estimate of drug-likeness (QED) is 0.608. The maximum atomic E-state index is 12.6. The first-order valence-corrected chi connectivity index (χ1v) is 12.4. The first-order valence-electron chi connectivity index (χ1n) is 9.97. The summed E-state index contributed by atoms with van der Waals surface area (Å²) in [4.78, 5) is 16.6.